The van der Waals surface area contributed by atoms with E-state index in [1.165, 1.54) is 16.8 Å². The fourth-order valence-corrected chi connectivity index (χ4v) is 6.26. The topological polar surface area (TPSA) is 38.8 Å². The van der Waals surface area contributed by atoms with Gasteiger partial charge in [0.15, 0.2) is 5.60 Å². The van der Waals surface area contributed by atoms with Crippen LogP contribution in [0.5, 0.6) is 11.5 Å². The van der Waals surface area contributed by atoms with Crippen molar-refractivity contribution < 1.29 is 14.3 Å². The minimum absolute atomic E-state index is 0.302. The Bertz CT molecular complexity index is 1350. The number of benzene rings is 3. The van der Waals surface area contributed by atoms with Gasteiger partial charge in [0.2, 0.25) is 0 Å². The zero-order chi connectivity index (χ0) is 21.6. The predicted octanol–water partition coefficient (Wildman–Crippen LogP) is 5.92. The second kappa shape index (κ2) is 6.29. The number of rotatable bonds is 0. The van der Waals surface area contributed by atoms with E-state index < -0.39 is 5.60 Å². The molecule has 1 atom stereocenters. The maximum atomic E-state index is 13.1. The van der Waals surface area contributed by atoms with Gasteiger partial charge in [0.25, 0.3) is 0 Å². The van der Waals surface area contributed by atoms with Crippen molar-refractivity contribution in [3.63, 3.8) is 0 Å². The number of carbonyl (C=O) groups excluding carboxylic acids is 1. The third-order valence-electron chi connectivity index (χ3n) is 7.48. The van der Waals surface area contributed by atoms with E-state index in [1.54, 1.807) is 0 Å². The molecule has 0 N–H and O–H groups in total. The number of carbonyl (C=O) groups is 1. The molecule has 0 fully saturated rings. The Balaban J connectivity index is 1.61. The van der Waals surface area contributed by atoms with Gasteiger partial charge in [-0.25, -0.2) is 4.79 Å². The lowest BCUT2D eigenvalue weighted by molar-refractivity contribution is 0.0223. The standard InChI is InChI=1S/C27H22ClNO3/c1-15-12-23-20(14-22(15)28)27(19-9-3-2-7-17(19)26(30)32-27)21-13-16-6-4-10-29-11-5-8-18(24(16)29)25(21)31-23/h2-3,7,9,12-14H,4-6,8,10-11H2,1H3. The van der Waals surface area contributed by atoms with Crippen LogP contribution in [-0.4, -0.2) is 19.1 Å². The van der Waals surface area contributed by atoms with Crippen molar-refractivity contribution in [2.24, 2.45) is 0 Å². The molecule has 4 aliphatic rings. The molecule has 1 unspecified atom stereocenters. The summed E-state index contributed by atoms with van der Waals surface area (Å²) in [6.07, 6.45) is 4.23. The van der Waals surface area contributed by atoms with Crippen molar-refractivity contribution in [2.45, 2.75) is 38.2 Å². The van der Waals surface area contributed by atoms with Gasteiger partial charge >= 0.3 is 5.97 Å². The average molecular weight is 444 g/mol. The maximum Gasteiger partial charge on any atom is 0.340 e. The summed E-state index contributed by atoms with van der Waals surface area (Å²) in [6.45, 7) is 4.15. The number of aryl methyl sites for hydroxylation is 2. The van der Waals surface area contributed by atoms with E-state index in [0.717, 1.165) is 66.8 Å². The molecule has 7 rings (SSSR count). The third kappa shape index (κ3) is 2.21. The first-order chi connectivity index (χ1) is 15.6. The smallest absolute Gasteiger partial charge is 0.340 e. The lowest BCUT2D eigenvalue weighted by Gasteiger charge is -2.43. The molecule has 1 spiro atoms. The van der Waals surface area contributed by atoms with Crippen LogP contribution < -0.4 is 9.64 Å². The van der Waals surface area contributed by atoms with Crippen molar-refractivity contribution in [2.75, 3.05) is 18.0 Å². The van der Waals surface area contributed by atoms with Gasteiger partial charge in [-0.2, -0.15) is 0 Å². The summed E-state index contributed by atoms with van der Waals surface area (Å²) < 4.78 is 13.0. The molecular weight excluding hydrogens is 422 g/mol. The van der Waals surface area contributed by atoms with Gasteiger partial charge in [0.1, 0.15) is 11.5 Å². The Morgan fingerprint density at radius 2 is 1.81 bits per heavy atom. The van der Waals surface area contributed by atoms with E-state index in [-0.39, 0.29) is 5.97 Å². The highest BCUT2D eigenvalue weighted by Gasteiger charge is 2.54. The minimum atomic E-state index is -1.04. The van der Waals surface area contributed by atoms with Gasteiger partial charge in [0, 0.05) is 46.1 Å². The van der Waals surface area contributed by atoms with Crippen LogP contribution in [0.15, 0.2) is 42.5 Å². The summed E-state index contributed by atoms with van der Waals surface area (Å²) >= 11 is 6.60. The van der Waals surface area contributed by atoms with E-state index in [2.05, 4.69) is 11.0 Å². The highest BCUT2D eigenvalue weighted by Crippen LogP contribution is 2.59. The Labute approximate surface area is 191 Å². The fourth-order valence-electron chi connectivity index (χ4n) is 6.10. The molecule has 4 heterocycles. The van der Waals surface area contributed by atoms with Crippen molar-refractivity contribution in [3.05, 3.63) is 86.4 Å². The molecule has 0 aromatic heterocycles. The molecule has 0 saturated heterocycles. The van der Waals surface area contributed by atoms with Crippen LogP contribution in [0.1, 0.15) is 56.6 Å². The van der Waals surface area contributed by atoms with Crippen LogP contribution in [-0.2, 0) is 23.2 Å². The maximum absolute atomic E-state index is 13.1. The van der Waals surface area contributed by atoms with Crippen LogP contribution in [0.25, 0.3) is 0 Å². The number of hydrogen-bond acceptors (Lipinski definition) is 4. The van der Waals surface area contributed by atoms with Gasteiger partial charge in [-0.3, -0.25) is 0 Å². The van der Waals surface area contributed by atoms with Crippen LogP contribution in [0, 0.1) is 6.92 Å². The summed E-state index contributed by atoms with van der Waals surface area (Å²) in [5.74, 6) is 1.27. The normalized spacial score (nSPS) is 21.9. The zero-order valence-corrected chi connectivity index (χ0v) is 18.6. The first-order valence-electron chi connectivity index (χ1n) is 11.3. The lowest BCUT2D eigenvalue weighted by atomic mass is 9.74. The van der Waals surface area contributed by atoms with Crippen molar-refractivity contribution in [3.8, 4) is 11.5 Å². The van der Waals surface area contributed by atoms with Gasteiger partial charge < -0.3 is 14.4 Å². The molecule has 3 aromatic rings. The number of anilines is 1. The summed E-state index contributed by atoms with van der Waals surface area (Å²) in [5.41, 5.74) is 7.02. The Morgan fingerprint density at radius 1 is 1.00 bits per heavy atom. The Hall–Kier alpha value is -2.98. The quantitative estimate of drug-likeness (QED) is 0.404. The molecule has 0 saturated carbocycles. The molecule has 5 heteroatoms. The molecule has 0 radical (unpaired) electrons. The highest BCUT2D eigenvalue weighted by atomic mass is 35.5. The van der Waals surface area contributed by atoms with Crippen LogP contribution >= 0.6 is 11.6 Å². The number of nitrogens with zero attached hydrogens (tertiary/aromatic N) is 1. The lowest BCUT2D eigenvalue weighted by Crippen LogP contribution is -2.38. The first kappa shape index (κ1) is 18.6. The largest absolute Gasteiger partial charge is 0.456 e. The number of fused-ring (bicyclic) bond motifs is 7. The summed E-state index contributed by atoms with van der Waals surface area (Å²) in [4.78, 5) is 15.6. The molecule has 0 amide bonds. The van der Waals surface area contributed by atoms with Gasteiger partial charge in [-0.1, -0.05) is 29.8 Å². The second-order valence-electron chi connectivity index (χ2n) is 9.25. The predicted molar refractivity (Wildman–Crippen MR) is 123 cm³/mol. The molecule has 4 aliphatic heterocycles. The number of hydrogen-bond donors (Lipinski definition) is 0. The first-order valence-corrected chi connectivity index (χ1v) is 11.7. The molecule has 0 aliphatic carbocycles. The monoisotopic (exact) mass is 443 g/mol. The molecule has 4 nitrogen and oxygen atoms in total. The number of halogens is 1. The van der Waals surface area contributed by atoms with Crippen molar-refractivity contribution in [1.82, 2.24) is 0 Å². The molecule has 160 valence electrons. The summed E-state index contributed by atoms with van der Waals surface area (Å²) in [5, 5.41) is 0.640. The Kier molecular flexibility index (Phi) is 3.65. The van der Waals surface area contributed by atoms with E-state index in [9.17, 15) is 4.79 Å². The van der Waals surface area contributed by atoms with E-state index in [4.69, 9.17) is 21.1 Å². The van der Waals surface area contributed by atoms with Crippen molar-refractivity contribution in [1.29, 1.82) is 0 Å². The fraction of sp³-hybridized carbons (Fsp3) is 0.296. The van der Waals surface area contributed by atoms with Crippen LogP contribution in [0.4, 0.5) is 5.69 Å². The Morgan fingerprint density at radius 3 is 2.69 bits per heavy atom. The summed E-state index contributed by atoms with van der Waals surface area (Å²) in [7, 11) is 0. The van der Waals surface area contributed by atoms with Gasteiger partial charge in [0.05, 0.1) is 5.56 Å². The number of ether oxygens (including phenoxy) is 2. The minimum Gasteiger partial charge on any atom is -0.456 e. The van der Waals surface area contributed by atoms with E-state index in [1.807, 2.05) is 43.3 Å². The molecule has 32 heavy (non-hydrogen) atoms. The van der Waals surface area contributed by atoms with Gasteiger partial charge in [-0.15, -0.1) is 0 Å². The highest BCUT2D eigenvalue weighted by molar-refractivity contribution is 6.31. The number of esters is 1. The average Bonchev–Trinajstić information content (AvgIpc) is 3.10. The van der Waals surface area contributed by atoms with Crippen LogP contribution in [0.3, 0.4) is 0 Å². The molecule has 0 bridgehead atoms. The van der Waals surface area contributed by atoms with Crippen LogP contribution in [0.2, 0.25) is 5.02 Å². The zero-order valence-electron chi connectivity index (χ0n) is 17.8. The van der Waals surface area contributed by atoms with Crippen molar-refractivity contribution >= 4 is 23.3 Å². The SMILES string of the molecule is Cc1cc2c(cc1Cl)C1(OC(=O)c3ccccc31)c1cc3c4c(c1O2)CCCN4CCC3. The summed E-state index contributed by atoms with van der Waals surface area (Å²) in [6, 6.07) is 13.8. The van der Waals surface area contributed by atoms with Gasteiger partial charge in [-0.05, 0) is 68.0 Å². The molecule has 3 aromatic carbocycles. The third-order valence-corrected chi connectivity index (χ3v) is 7.88. The molecular formula is C27H22ClNO3. The van der Waals surface area contributed by atoms with E-state index in [0.29, 0.717) is 16.3 Å². The second-order valence-corrected chi connectivity index (χ2v) is 9.66. The van der Waals surface area contributed by atoms with E-state index >= 15 is 0 Å².